The van der Waals surface area contributed by atoms with Gasteiger partial charge in [-0.25, -0.2) is 0 Å². The Labute approximate surface area is 140 Å². The molecule has 11 nitrogen and oxygen atoms in total. The smallest absolute Gasteiger partial charge is 0.348 e. The van der Waals surface area contributed by atoms with E-state index < -0.39 is 49.0 Å². The minimum atomic E-state index is -2.81. The lowest BCUT2D eigenvalue weighted by atomic mass is 9.98. The van der Waals surface area contributed by atoms with Gasteiger partial charge >= 0.3 is 5.91 Å². The number of nitrogens with zero attached hydrogens (tertiary/aromatic N) is 1. The minimum Gasteiger partial charge on any atom is -0.394 e. The molecule has 3 rings (SSSR count). The van der Waals surface area contributed by atoms with Crippen LogP contribution in [0, 0.1) is 0 Å². The van der Waals surface area contributed by atoms with Crippen molar-refractivity contribution < 1.29 is 49.8 Å². The summed E-state index contributed by atoms with van der Waals surface area (Å²) in [6.07, 6.45) is -8.36. The Morgan fingerprint density at radius 2 is 1.84 bits per heavy atom. The molecule has 11 heteroatoms. The van der Waals surface area contributed by atoms with Crippen LogP contribution in [-0.2, 0) is 20.1 Å². The Morgan fingerprint density at radius 1 is 1.16 bits per heavy atom. The number of amides is 1. The number of hydrogen-bond donors (Lipinski definition) is 6. The Bertz CT molecular complexity index is 654. The molecule has 138 valence electrons. The van der Waals surface area contributed by atoms with E-state index in [2.05, 4.69) is 0 Å². The van der Waals surface area contributed by atoms with Crippen molar-refractivity contribution in [2.75, 3.05) is 6.61 Å². The third-order valence-corrected chi connectivity index (χ3v) is 4.04. The van der Waals surface area contributed by atoms with Gasteiger partial charge in [0.2, 0.25) is 0 Å². The fourth-order valence-corrected chi connectivity index (χ4v) is 2.65. The van der Waals surface area contributed by atoms with E-state index in [-0.39, 0.29) is 16.5 Å². The fourth-order valence-electron chi connectivity index (χ4n) is 2.65. The summed E-state index contributed by atoms with van der Waals surface area (Å²) < 4.78 is 10.3. The maximum Gasteiger partial charge on any atom is 0.348 e. The molecule has 1 aromatic rings. The molecule has 0 aliphatic carbocycles. The molecule has 1 saturated heterocycles. The number of carbonyl (C=O) groups is 1. The maximum atomic E-state index is 12.2. The van der Waals surface area contributed by atoms with Gasteiger partial charge < -0.3 is 39.8 Å². The monoisotopic (exact) mass is 359 g/mol. The summed E-state index contributed by atoms with van der Waals surface area (Å²) in [7, 11) is 0. The van der Waals surface area contributed by atoms with Gasteiger partial charge in [-0.15, -0.1) is 0 Å². The normalized spacial score (nSPS) is 38.2. The molecule has 0 aromatic heterocycles. The average Bonchev–Trinajstić information content (AvgIpc) is 2.60. The van der Waals surface area contributed by atoms with Gasteiger partial charge in [0.05, 0.1) is 12.2 Å². The van der Waals surface area contributed by atoms with Crippen LogP contribution in [0.4, 0.5) is 0 Å². The molecule has 6 N–H and O–H groups in total. The minimum absolute atomic E-state index is 0.100. The number of hydrogen-bond acceptors (Lipinski definition) is 10. The van der Waals surface area contributed by atoms with Crippen molar-refractivity contribution in [1.82, 2.24) is 5.23 Å². The van der Waals surface area contributed by atoms with Gasteiger partial charge in [-0.2, -0.15) is 0 Å². The van der Waals surface area contributed by atoms with Crippen LogP contribution in [0.15, 0.2) is 24.3 Å². The van der Waals surface area contributed by atoms with Crippen LogP contribution >= 0.6 is 0 Å². The van der Waals surface area contributed by atoms with Crippen LogP contribution in [0.2, 0.25) is 0 Å². The predicted molar refractivity (Wildman–Crippen MR) is 74.5 cm³/mol. The van der Waals surface area contributed by atoms with Crippen LogP contribution in [0.1, 0.15) is 5.56 Å². The Morgan fingerprint density at radius 3 is 2.52 bits per heavy atom. The number of benzene rings is 1. The van der Waals surface area contributed by atoms with E-state index >= 15 is 0 Å². The van der Waals surface area contributed by atoms with E-state index in [0.717, 1.165) is 0 Å². The first-order chi connectivity index (χ1) is 11.8. The van der Waals surface area contributed by atoms with Gasteiger partial charge in [-0.1, -0.05) is 12.1 Å². The van der Waals surface area contributed by atoms with Gasteiger partial charge in [0, 0.05) is 0 Å². The lowest BCUT2D eigenvalue weighted by Gasteiger charge is -2.43. The van der Waals surface area contributed by atoms with Gasteiger partial charge in [0.25, 0.3) is 5.79 Å². The highest BCUT2D eigenvalue weighted by Gasteiger charge is 2.55. The molecule has 0 spiro atoms. The number of ether oxygens (including phenoxy) is 2. The molecule has 2 aliphatic rings. The van der Waals surface area contributed by atoms with Crippen molar-refractivity contribution in [3.05, 3.63) is 29.8 Å². The first-order valence-corrected chi connectivity index (χ1v) is 7.31. The highest BCUT2D eigenvalue weighted by molar-refractivity contribution is 5.85. The molecule has 2 heterocycles. The topological polar surface area (TPSA) is 169 Å². The van der Waals surface area contributed by atoms with Crippen LogP contribution in [-0.4, -0.2) is 79.2 Å². The Kier molecular flexibility index (Phi) is 4.66. The number of para-hydroxylation sites is 1. The number of aliphatic hydroxyl groups is 5. The van der Waals surface area contributed by atoms with Crippen LogP contribution in [0.3, 0.4) is 0 Å². The molecule has 0 saturated carbocycles. The average molecular weight is 359 g/mol. The fraction of sp³-hybridized carbons (Fsp3) is 0.500. The zero-order chi connectivity index (χ0) is 18.4. The second-order valence-corrected chi connectivity index (χ2v) is 5.62. The molecule has 2 unspecified atom stereocenters. The molecule has 2 aliphatic heterocycles. The molecule has 0 bridgehead atoms. The zero-order valence-corrected chi connectivity index (χ0v) is 12.7. The quantitative estimate of drug-likeness (QED) is 0.244. The summed E-state index contributed by atoms with van der Waals surface area (Å²) in [4.78, 5) is 17.0. The second-order valence-electron chi connectivity index (χ2n) is 5.62. The molecule has 6 atom stereocenters. The molecular weight excluding hydrogens is 342 g/mol. The van der Waals surface area contributed by atoms with E-state index in [9.17, 15) is 35.5 Å². The first-order valence-electron chi connectivity index (χ1n) is 7.31. The maximum absolute atomic E-state index is 12.2. The van der Waals surface area contributed by atoms with Crippen molar-refractivity contribution in [2.24, 2.45) is 0 Å². The number of fused-ring (bicyclic) bond motifs is 1. The van der Waals surface area contributed by atoms with Crippen LogP contribution < -0.4 is 4.84 Å². The summed E-state index contributed by atoms with van der Waals surface area (Å²) in [6, 6.07) is 5.59. The van der Waals surface area contributed by atoms with Crippen molar-refractivity contribution in [3.63, 3.8) is 0 Å². The SMILES string of the molecule is O=C1N(O)Oc2ccccc2C1(O)OC1O[C@H](CO)[C@@H](O)[C@H](O)[C@H]1O. The van der Waals surface area contributed by atoms with Crippen LogP contribution in [0.5, 0.6) is 5.75 Å². The molecule has 1 aromatic carbocycles. The first kappa shape index (κ1) is 18.0. The lowest BCUT2D eigenvalue weighted by molar-refractivity contribution is -0.377. The standard InChI is InChI=1S/C14H17NO10/c16-5-8-9(17)10(18)11(19)12(23-8)24-14(21)6-3-1-2-4-7(6)25-15(22)13(14)20/h1-4,8-12,16-19,21-22H,5H2/t8-,9-,10+,11-,12?,14?/m1/s1. The second kappa shape index (κ2) is 6.48. The highest BCUT2D eigenvalue weighted by atomic mass is 16.9. The summed E-state index contributed by atoms with van der Waals surface area (Å²) in [6.45, 7) is -0.719. The number of rotatable bonds is 3. The van der Waals surface area contributed by atoms with Crippen LogP contribution in [0.25, 0.3) is 0 Å². The molecule has 25 heavy (non-hydrogen) atoms. The van der Waals surface area contributed by atoms with Crippen molar-refractivity contribution in [3.8, 4) is 5.75 Å². The molecular formula is C14H17NO10. The van der Waals surface area contributed by atoms with E-state index in [4.69, 9.17) is 14.3 Å². The zero-order valence-electron chi connectivity index (χ0n) is 12.7. The van der Waals surface area contributed by atoms with Crippen molar-refractivity contribution in [1.29, 1.82) is 0 Å². The third-order valence-electron chi connectivity index (χ3n) is 4.04. The molecule has 1 amide bonds. The summed E-state index contributed by atoms with van der Waals surface area (Å²) >= 11 is 0. The highest BCUT2D eigenvalue weighted by Crippen LogP contribution is 2.39. The van der Waals surface area contributed by atoms with E-state index in [1.54, 1.807) is 0 Å². The van der Waals surface area contributed by atoms with E-state index in [1.807, 2.05) is 0 Å². The summed E-state index contributed by atoms with van der Waals surface area (Å²) in [5, 5.41) is 58.7. The van der Waals surface area contributed by atoms with Crippen molar-refractivity contribution in [2.45, 2.75) is 36.5 Å². The Balaban J connectivity index is 1.94. The van der Waals surface area contributed by atoms with Crippen molar-refractivity contribution >= 4 is 5.91 Å². The molecule has 1 fully saturated rings. The van der Waals surface area contributed by atoms with Gasteiger partial charge in [0.1, 0.15) is 24.4 Å². The summed E-state index contributed by atoms with van der Waals surface area (Å²) in [5.74, 6) is -4.34. The Hall–Kier alpha value is -1.83. The third kappa shape index (κ3) is 2.86. The molecule has 0 radical (unpaired) electrons. The van der Waals surface area contributed by atoms with Gasteiger partial charge in [-0.05, 0) is 17.4 Å². The number of carbonyl (C=O) groups excluding carboxylic acids is 1. The summed E-state index contributed by atoms with van der Waals surface area (Å²) in [5.41, 5.74) is -0.178. The largest absolute Gasteiger partial charge is 0.394 e. The number of aliphatic hydroxyl groups excluding tert-OH is 4. The van der Waals surface area contributed by atoms with E-state index in [1.165, 1.54) is 24.3 Å². The predicted octanol–water partition coefficient (Wildman–Crippen LogP) is -2.83. The van der Waals surface area contributed by atoms with E-state index in [0.29, 0.717) is 0 Å². The van der Waals surface area contributed by atoms with Gasteiger partial charge in [-0.3, -0.25) is 10.0 Å². The number of hydroxylamine groups is 2. The lowest BCUT2D eigenvalue weighted by Crippen LogP contribution is -2.62. The van der Waals surface area contributed by atoms with Gasteiger partial charge in [0.15, 0.2) is 12.0 Å².